The van der Waals surface area contributed by atoms with E-state index < -0.39 is 0 Å². The van der Waals surface area contributed by atoms with Gasteiger partial charge in [0.25, 0.3) is 5.91 Å². The van der Waals surface area contributed by atoms with Gasteiger partial charge in [-0.15, -0.1) is 0 Å². The van der Waals surface area contributed by atoms with Crippen LogP contribution in [0, 0.1) is 0 Å². The molecule has 110 valence electrons. The Morgan fingerprint density at radius 1 is 1.05 bits per heavy atom. The highest BCUT2D eigenvalue weighted by Gasteiger charge is 2.15. The van der Waals surface area contributed by atoms with Crippen molar-refractivity contribution in [1.29, 1.82) is 0 Å². The van der Waals surface area contributed by atoms with E-state index in [-0.39, 0.29) is 11.9 Å². The van der Waals surface area contributed by atoms with Crippen LogP contribution in [0.3, 0.4) is 0 Å². The summed E-state index contributed by atoms with van der Waals surface area (Å²) in [5.41, 5.74) is 8.05. The molecule has 4 heteroatoms. The first kappa shape index (κ1) is 14.1. The minimum Gasteiger partial charge on any atom is -0.398 e. The van der Waals surface area contributed by atoms with Crippen molar-refractivity contribution in [2.45, 2.75) is 13.0 Å². The lowest BCUT2D eigenvalue weighted by molar-refractivity contribution is 0.0936. The van der Waals surface area contributed by atoms with E-state index in [1.54, 1.807) is 6.20 Å². The molecule has 3 rings (SSSR count). The molecule has 0 saturated carbocycles. The molecule has 3 aromatic rings. The number of anilines is 1. The van der Waals surface area contributed by atoms with Crippen molar-refractivity contribution in [2.24, 2.45) is 0 Å². The van der Waals surface area contributed by atoms with Crippen LogP contribution in [0.1, 0.15) is 29.0 Å². The average Bonchev–Trinajstić information content (AvgIpc) is 2.55. The van der Waals surface area contributed by atoms with Crippen LogP contribution >= 0.6 is 0 Å². The monoisotopic (exact) mass is 291 g/mol. The Morgan fingerprint density at radius 2 is 1.82 bits per heavy atom. The number of rotatable bonds is 3. The van der Waals surface area contributed by atoms with Crippen LogP contribution in [0.4, 0.5) is 5.69 Å². The number of nitrogens with two attached hydrogens (primary N) is 1. The molecular formula is C18H17N3O. The standard InChI is InChI=1S/C18H17N3O/c1-12(13-6-3-2-4-7-13)21-18(22)17-15-8-5-9-16(19)14(15)10-11-20-17/h2-12H,19H2,1H3,(H,21,22). The summed E-state index contributed by atoms with van der Waals surface area (Å²) in [6.45, 7) is 1.95. The van der Waals surface area contributed by atoms with Gasteiger partial charge in [-0.3, -0.25) is 9.78 Å². The van der Waals surface area contributed by atoms with Crippen molar-refractivity contribution in [3.05, 3.63) is 72.1 Å². The van der Waals surface area contributed by atoms with Gasteiger partial charge in [0.2, 0.25) is 0 Å². The van der Waals surface area contributed by atoms with E-state index in [9.17, 15) is 4.79 Å². The first-order valence-electron chi connectivity index (χ1n) is 7.16. The van der Waals surface area contributed by atoms with Crippen LogP contribution in [-0.4, -0.2) is 10.9 Å². The van der Waals surface area contributed by atoms with Crippen molar-refractivity contribution in [3.63, 3.8) is 0 Å². The lowest BCUT2D eigenvalue weighted by atomic mass is 10.1. The number of fused-ring (bicyclic) bond motifs is 1. The molecule has 0 aliphatic heterocycles. The molecule has 4 nitrogen and oxygen atoms in total. The number of nitrogens with zero attached hydrogens (tertiary/aromatic N) is 1. The third-order valence-corrected chi connectivity index (χ3v) is 3.70. The maximum Gasteiger partial charge on any atom is 0.270 e. The average molecular weight is 291 g/mol. The van der Waals surface area contributed by atoms with Crippen LogP contribution < -0.4 is 11.1 Å². The zero-order valence-electron chi connectivity index (χ0n) is 12.3. The third-order valence-electron chi connectivity index (χ3n) is 3.70. The minimum absolute atomic E-state index is 0.0909. The molecule has 2 aromatic carbocycles. The molecule has 0 fully saturated rings. The fourth-order valence-electron chi connectivity index (χ4n) is 2.50. The van der Waals surface area contributed by atoms with Gasteiger partial charge in [-0.2, -0.15) is 0 Å². The summed E-state index contributed by atoms with van der Waals surface area (Å²) in [7, 11) is 0. The van der Waals surface area contributed by atoms with Crippen molar-refractivity contribution in [3.8, 4) is 0 Å². The number of carbonyl (C=O) groups excluding carboxylic acids is 1. The van der Waals surface area contributed by atoms with Crippen LogP contribution in [0.15, 0.2) is 60.8 Å². The summed E-state index contributed by atoms with van der Waals surface area (Å²) >= 11 is 0. The Bertz CT molecular complexity index is 815. The van der Waals surface area contributed by atoms with Gasteiger partial charge in [-0.05, 0) is 24.6 Å². The predicted molar refractivity (Wildman–Crippen MR) is 88.5 cm³/mol. The lowest BCUT2D eigenvalue weighted by Crippen LogP contribution is -2.27. The van der Waals surface area contributed by atoms with Crippen LogP contribution in [-0.2, 0) is 0 Å². The zero-order chi connectivity index (χ0) is 15.5. The molecule has 1 amide bonds. The summed E-state index contributed by atoms with van der Waals surface area (Å²) < 4.78 is 0. The van der Waals surface area contributed by atoms with Crippen molar-refractivity contribution in [2.75, 3.05) is 5.73 Å². The Kier molecular flexibility index (Phi) is 3.74. The molecule has 22 heavy (non-hydrogen) atoms. The fraction of sp³-hybridized carbons (Fsp3) is 0.111. The largest absolute Gasteiger partial charge is 0.398 e. The van der Waals surface area contributed by atoms with Gasteiger partial charge < -0.3 is 11.1 Å². The number of amides is 1. The molecule has 0 saturated heterocycles. The van der Waals surface area contributed by atoms with Crippen LogP contribution in [0.25, 0.3) is 10.8 Å². The number of benzene rings is 2. The Morgan fingerprint density at radius 3 is 2.59 bits per heavy atom. The van der Waals surface area contributed by atoms with E-state index in [0.717, 1.165) is 16.3 Å². The minimum atomic E-state index is -0.201. The summed E-state index contributed by atoms with van der Waals surface area (Å²) in [4.78, 5) is 16.8. The van der Waals surface area contributed by atoms with Gasteiger partial charge in [0.1, 0.15) is 5.69 Å². The number of pyridine rings is 1. The zero-order valence-corrected chi connectivity index (χ0v) is 12.3. The maximum absolute atomic E-state index is 12.5. The fourth-order valence-corrected chi connectivity index (χ4v) is 2.50. The van der Waals surface area contributed by atoms with E-state index in [2.05, 4.69) is 10.3 Å². The first-order valence-corrected chi connectivity index (χ1v) is 7.16. The maximum atomic E-state index is 12.5. The van der Waals surface area contributed by atoms with Crippen LogP contribution in [0.5, 0.6) is 0 Å². The van der Waals surface area contributed by atoms with E-state index >= 15 is 0 Å². The number of carbonyl (C=O) groups is 1. The van der Waals surface area contributed by atoms with E-state index in [1.807, 2.05) is 61.5 Å². The molecule has 0 aliphatic rings. The number of nitrogen functional groups attached to an aromatic ring is 1. The van der Waals surface area contributed by atoms with Gasteiger partial charge >= 0.3 is 0 Å². The quantitative estimate of drug-likeness (QED) is 0.727. The number of hydrogen-bond acceptors (Lipinski definition) is 3. The SMILES string of the molecule is CC(NC(=O)c1nccc2c(N)cccc12)c1ccccc1. The molecule has 1 aromatic heterocycles. The summed E-state index contributed by atoms with van der Waals surface area (Å²) in [6, 6.07) is 17.1. The number of aromatic nitrogens is 1. The molecule has 1 unspecified atom stereocenters. The van der Waals surface area contributed by atoms with Gasteiger partial charge in [-0.25, -0.2) is 0 Å². The highest BCUT2D eigenvalue weighted by atomic mass is 16.1. The number of hydrogen-bond donors (Lipinski definition) is 2. The highest BCUT2D eigenvalue weighted by Crippen LogP contribution is 2.23. The van der Waals surface area contributed by atoms with Crippen molar-refractivity contribution < 1.29 is 4.79 Å². The summed E-state index contributed by atoms with van der Waals surface area (Å²) in [5, 5.41) is 4.59. The highest BCUT2D eigenvalue weighted by molar-refractivity contribution is 6.08. The predicted octanol–water partition coefficient (Wildman–Crippen LogP) is 3.31. The Labute approximate surface area is 129 Å². The van der Waals surface area contributed by atoms with Crippen LogP contribution in [0.2, 0.25) is 0 Å². The van der Waals surface area contributed by atoms with E-state index in [0.29, 0.717) is 11.4 Å². The second kappa shape index (κ2) is 5.85. The smallest absolute Gasteiger partial charge is 0.270 e. The van der Waals surface area contributed by atoms with E-state index in [1.165, 1.54) is 0 Å². The number of nitrogens with one attached hydrogen (secondary N) is 1. The molecule has 0 aliphatic carbocycles. The molecule has 0 radical (unpaired) electrons. The summed E-state index contributed by atoms with van der Waals surface area (Å²) in [6.07, 6.45) is 1.61. The second-order valence-corrected chi connectivity index (χ2v) is 5.21. The van der Waals surface area contributed by atoms with Gasteiger partial charge in [0, 0.05) is 22.7 Å². The Balaban J connectivity index is 1.91. The molecule has 1 heterocycles. The second-order valence-electron chi connectivity index (χ2n) is 5.21. The molecule has 0 spiro atoms. The summed E-state index contributed by atoms with van der Waals surface area (Å²) in [5.74, 6) is -0.201. The lowest BCUT2D eigenvalue weighted by Gasteiger charge is -2.15. The molecule has 0 bridgehead atoms. The topological polar surface area (TPSA) is 68.0 Å². The van der Waals surface area contributed by atoms with Gasteiger partial charge in [0.05, 0.1) is 6.04 Å². The third kappa shape index (κ3) is 2.63. The normalized spacial score (nSPS) is 12.0. The van der Waals surface area contributed by atoms with Crippen molar-refractivity contribution >= 4 is 22.4 Å². The molecular weight excluding hydrogens is 274 g/mol. The first-order chi connectivity index (χ1) is 10.7. The Hall–Kier alpha value is -2.88. The van der Waals surface area contributed by atoms with Gasteiger partial charge in [-0.1, -0.05) is 42.5 Å². The van der Waals surface area contributed by atoms with E-state index in [4.69, 9.17) is 5.73 Å². The molecule has 1 atom stereocenters. The van der Waals surface area contributed by atoms with Gasteiger partial charge in [0.15, 0.2) is 0 Å². The van der Waals surface area contributed by atoms with Crippen molar-refractivity contribution in [1.82, 2.24) is 10.3 Å². The molecule has 3 N–H and O–H groups in total.